The minimum absolute atomic E-state index is 0.163. The van der Waals surface area contributed by atoms with Gasteiger partial charge in [0.25, 0.3) is 0 Å². The number of ketones is 1. The maximum atomic E-state index is 12.3. The van der Waals surface area contributed by atoms with E-state index < -0.39 is 0 Å². The first-order valence-electron chi connectivity index (χ1n) is 8.09. The summed E-state index contributed by atoms with van der Waals surface area (Å²) in [5.41, 5.74) is 2.76. The van der Waals surface area contributed by atoms with Crippen molar-refractivity contribution in [1.82, 2.24) is 9.97 Å². The molecule has 0 radical (unpaired) electrons. The van der Waals surface area contributed by atoms with Gasteiger partial charge in [0, 0.05) is 41.7 Å². The lowest BCUT2D eigenvalue weighted by atomic mass is 10.1. The zero-order chi connectivity index (χ0) is 18.4. The molecule has 3 aromatic rings. The summed E-state index contributed by atoms with van der Waals surface area (Å²) in [6.45, 7) is 1.42. The Bertz CT molecular complexity index is 949. The van der Waals surface area contributed by atoms with Crippen LogP contribution in [0, 0.1) is 0 Å². The van der Waals surface area contributed by atoms with Gasteiger partial charge in [0.05, 0.1) is 0 Å². The fourth-order valence-corrected chi connectivity index (χ4v) is 2.38. The average Bonchev–Trinajstić information content (AvgIpc) is 2.67. The van der Waals surface area contributed by atoms with Crippen molar-refractivity contribution in [3.8, 4) is 11.4 Å². The molecular weight excluding hydrogens is 326 g/mol. The van der Waals surface area contributed by atoms with E-state index in [-0.39, 0.29) is 11.7 Å². The molecule has 1 N–H and O–H groups in total. The lowest BCUT2D eigenvalue weighted by Crippen LogP contribution is -2.06. The SMILES string of the molecule is CC(=O)Nc1cccc(C(=O)/C=C/c2cnc(-c3ccccc3)nc2)c1. The van der Waals surface area contributed by atoms with E-state index in [4.69, 9.17) is 0 Å². The Morgan fingerprint density at radius 2 is 1.69 bits per heavy atom. The van der Waals surface area contributed by atoms with Crippen LogP contribution in [0.2, 0.25) is 0 Å². The van der Waals surface area contributed by atoms with Gasteiger partial charge in [-0.05, 0) is 24.3 Å². The Morgan fingerprint density at radius 3 is 2.38 bits per heavy atom. The molecule has 1 amide bonds. The fraction of sp³-hybridized carbons (Fsp3) is 0.0476. The van der Waals surface area contributed by atoms with E-state index in [9.17, 15) is 9.59 Å². The fourth-order valence-electron chi connectivity index (χ4n) is 2.38. The van der Waals surface area contributed by atoms with Crippen molar-refractivity contribution in [2.24, 2.45) is 0 Å². The number of carbonyl (C=O) groups excluding carboxylic acids is 2. The Kier molecular flexibility index (Phi) is 5.29. The second-order valence-electron chi connectivity index (χ2n) is 5.67. The van der Waals surface area contributed by atoms with E-state index in [0.717, 1.165) is 11.1 Å². The molecule has 1 aromatic heterocycles. The summed E-state index contributed by atoms with van der Waals surface area (Å²) in [7, 11) is 0. The highest BCUT2D eigenvalue weighted by Gasteiger charge is 2.04. The van der Waals surface area contributed by atoms with E-state index in [2.05, 4.69) is 15.3 Å². The standard InChI is InChI=1S/C21H17N3O2/c1-15(25)24-19-9-5-8-18(12-19)20(26)11-10-16-13-22-21(23-14-16)17-6-3-2-4-7-17/h2-14H,1H3,(H,24,25)/b11-10+. The van der Waals surface area contributed by atoms with Gasteiger partial charge in [0.15, 0.2) is 11.6 Å². The third-order valence-corrected chi connectivity index (χ3v) is 3.60. The Hall–Kier alpha value is -3.60. The number of anilines is 1. The first kappa shape index (κ1) is 17.2. The van der Waals surface area contributed by atoms with Crippen LogP contribution in [-0.2, 0) is 4.79 Å². The van der Waals surface area contributed by atoms with Crippen LogP contribution in [0.15, 0.2) is 73.1 Å². The third kappa shape index (κ3) is 4.48. The number of nitrogens with one attached hydrogen (secondary N) is 1. The quantitative estimate of drug-likeness (QED) is 0.561. The zero-order valence-electron chi connectivity index (χ0n) is 14.2. The largest absolute Gasteiger partial charge is 0.326 e. The number of carbonyl (C=O) groups is 2. The normalized spacial score (nSPS) is 10.7. The Morgan fingerprint density at radius 1 is 0.962 bits per heavy atom. The minimum Gasteiger partial charge on any atom is -0.326 e. The van der Waals surface area contributed by atoms with Crippen LogP contribution in [0.1, 0.15) is 22.8 Å². The zero-order valence-corrected chi connectivity index (χ0v) is 14.2. The van der Waals surface area contributed by atoms with Gasteiger partial charge < -0.3 is 5.32 Å². The van der Waals surface area contributed by atoms with E-state index in [1.165, 1.54) is 13.0 Å². The lowest BCUT2D eigenvalue weighted by Gasteiger charge is -2.03. The number of nitrogens with zero attached hydrogens (tertiary/aromatic N) is 2. The third-order valence-electron chi connectivity index (χ3n) is 3.60. The maximum absolute atomic E-state index is 12.3. The molecular formula is C21H17N3O2. The van der Waals surface area contributed by atoms with Crippen LogP contribution >= 0.6 is 0 Å². The number of amides is 1. The highest BCUT2D eigenvalue weighted by molar-refractivity contribution is 6.07. The highest BCUT2D eigenvalue weighted by Crippen LogP contribution is 2.15. The number of aromatic nitrogens is 2. The van der Waals surface area contributed by atoms with Gasteiger partial charge in [-0.25, -0.2) is 9.97 Å². The van der Waals surface area contributed by atoms with Gasteiger partial charge in [0.1, 0.15) is 0 Å². The van der Waals surface area contributed by atoms with Gasteiger partial charge in [0.2, 0.25) is 5.91 Å². The second kappa shape index (κ2) is 7.98. The second-order valence-corrected chi connectivity index (χ2v) is 5.67. The van der Waals surface area contributed by atoms with Crippen molar-refractivity contribution in [2.75, 3.05) is 5.32 Å². The van der Waals surface area contributed by atoms with Crippen molar-refractivity contribution in [3.63, 3.8) is 0 Å². The molecule has 2 aromatic carbocycles. The molecule has 5 heteroatoms. The number of hydrogen-bond donors (Lipinski definition) is 1. The molecule has 0 saturated heterocycles. The predicted octanol–water partition coefficient (Wildman–Crippen LogP) is 4.00. The molecule has 0 fully saturated rings. The van der Waals surface area contributed by atoms with Gasteiger partial charge in [-0.1, -0.05) is 42.5 Å². The van der Waals surface area contributed by atoms with Crippen LogP contribution in [0.5, 0.6) is 0 Å². The lowest BCUT2D eigenvalue weighted by molar-refractivity contribution is -0.114. The van der Waals surface area contributed by atoms with Crippen LogP contribution < -0.4 is 5.32 Å². The smallest absolute Gasteiger partial charge is 0.221 e. The van der Waals surface area contributed by atoms with Crippen LogP contribution in [-0.4, -0.2) is 21.7 Å². The van der Waals surface area contributed by atoms with Crippen LogP contribution in [0.4, 0.5) is 5.69 Å². The minimum atomic E-state index is -0.180. The van der Waals surface area contributed by atoms with E-state index in [1.807, 2.05) is 30.3 Å². The van der Waals surface area contributed by atoms with Crippen LogP contribution in [0.3, 0.4) is 0 Å². The first-order chi connectivity index (χ1) is 12.6. The first-order valence-corrected chi connectivity index (χ1v) is 8.09. The molecule has 1 heterocycles. The summed E-state index contributed by atoms with van der Waals surface area (Å²) in [5.74, 6) is 0.294. The van der Waals surface area contributed by atoms with Crippen molar-refractivity contribution in [2.45, 2.75) is 6.92 Å². The number of benzene rings is 2. The van der Waals surface area contributed by atoms with Crippen LogP contribution in [0.25, 0.3) is 17.5 Å². The number of rotatable bonds is 5. The molecule has 0 aliphatic carbocycles. The highest BCUT2D eigenvalue weighted by atomic mass is 16.1. The topological polar surface area (TPSA) is 72.0 Å². The molecule has 0 aliphatic heterocycles. The van der Waals surface area contributed by atoms with Gasteiger partial charge in [-0.2, -0.15) is 0 Å². The Labute approximate surface area is 151 Å². The number of hydrogen-bond acceptors (Lipinski definition) is 4. The Balaban J connectivity index is 1.71. The molecule has 0 atom stereocenters. The van der Waals surface area contributed by atoms with Gasteiger partial charge in [-0.15, -0.1) is 0 Å². The summed E-state index contributed by atoms with van der Waals surface area (Å²) in [6, 6.07) is 16.5. The molecule has 3 rings (SSSR count). The molecule has 0 unspecified atom stereocenters. The maximum Gasteiger partial charge on any atom is 0.221 e. The average molecular weight is 343 g/mol. The van der Waals surface area contributed by atoms with Crippen molar-refractivity contribution in [1.29, 1.82) is 0 Å². The molecule has 0 aliphatic rings. The van der Waals surface area contributed by atoms with E-state index in [0.29, 0.717) is 17.1 Å². The summed E-state index contributed by atoms with van der Waals surface area (Å²) in [6.07, 6.45) is 6.48. The van der Waals surface area contributed by atoms with Crippen molar-refractivity contribution >= 4 is 23.5 Å². The van der Waals surface area contributed by atoms with E-state index in [1.54, 1.807) is 42.7 Å². The molecule has 0 spiro atoms. The van der Waals surface area contributed by atoms with E-state index >= 15 is 0 Å². The molecule has 0 bridgehead atoms. The van der Waals surface area contributed by atoms with Gasteiger partial charge >= 0.3 is 0 Å². The summed E-state index contributed by atoms with van der Waals surface area (Å²) in [5, 5.41) is 2.66. The summed E-state index contributed by atoms with van der Waals surface area (Å²) in [4.78, 5) is 32.1. The number of allylic oxidation sites excluding steroid dienone is 1. The summed E-state index contributed by atoms with van der Waals surface area (Å²) >= 11 is 0. The molecule has 26 heavy (non-hydrogen) atoms. The molecule has 128 valence electrons. The van der Waals surface area contributed by atoms with Crippen molar-refractivity contribution in [3.05, 3.63) is 84.2 Å². The van der Waals surface area contributed by atoms with Gasteiger partial charge in [-0.3, -0.25) is 9.59 Å². The molecule has 0 saturated carbocycles. The van der Waals surface area contributed by atoms with Crippen molar-refractivity contribution < 1.29 is 9.59 Å². The predicted molar refractivity (Wildman–Crippen MR) is 102 cm³/mol. The monoisotopic (exact) mass is 343 g/mol. The summed E-state index contributed by atoms with van der Waals surface area (Å²) < 4.78 is 0. The molecule has 5 nitrogen and oxygen atoms in total.